The summed E-state index contributed by atoms with van der Waals surface area (Å²) in [4.78, 5) is 13.3. The number of para-hydroxylation sites is 1. The second-order valence-corrected chi connectivity index (χ2v) is 7.18. The maximum atomic E-state index is 14.2. The summed E-state index contributed by atoms with van der Waals surface area (Å²) in [5.74, 6) is -1.03. The molecule has 3 heterocycles. The highest BCUT2D eigenvalue weighted by Gasteiger charge is 2.58. The number of aromatic nitrogens is 2. The van der Waals surface area contributed by atoms with Gasteiger partial charge in [0.15, 0.2) is 0 Å². The Morgan fingerprint density at radius 3 is 2.66 bits per heavy atom. The largest absolute Gasteiger partial charge is 0.422 e. The average Bonchev–Trinajstić information content (AvgIpc) is 3.24. The quantitative estimate of drug-likeness (QED) is 0.542. The van der Waals surface area contributed by atoms with Crippen LogP contribution >= 0.6 is 0 Å². The molecule has 0 fully saturated rings. The van der Waals surface area contributed by atoms with Crippen molar-refractivity contribution in [1.29, 1.82) is 5.26 Å². The lowest BCUT2D eigenvalue weighted by atomic mass is 9.69. The number of halogens is 1. The van der Waals surface area contributed by atoms with Crippen LogP contribution < -0.4 is 15.8 Å². The number of nitrogens with zero attached hydrogens (tertiary/aromatic N) is 3. The van der Waals surface area contributed by atoms with Crippen LogP contribution in [0.2, 0.25) is 0 Å². The molecule has 0 aliphatic carbocycles. The molecule has 1 amide bonds. The SMILES string of the molecule is CCO.Cc1nn(-c2ccccc2)c2c1C1(C(=O)Nc3ccc(F)cc31)C(C#N)=C(N)O2. The number of nitrogens with one attached hydrogen (secondary N) is 1. The molecule has 1 unspecified atom stereocenters. The number of nitriles is 1. The minimum atomic E-state index is -1.64. The third kappa shape index (κ3) is 2.85. The van der Waals surface area contributed by atoms with E-state index in [1.807, 2.05) is 36.4 Å². The first kappa shape index (κ1) is 21.1. The van der Waals surface area contributed by atoms with Gasteiger partial charge in [-0.15, -0.1) is 0 Å². The van der Waals surface area contributed by atoms with Crippen LogP contribution in [0, 0.1) is 24.1 Å². The fourth-order valence-electron chi connectivity index (χ4n) is 4.15. The highest BCUT2D eigenvalue weighted by molar-refractivity contribution is 6.12. The van der Waals surface area contributed by atoms with Crippen LogP contribution in [-0.4, -0.2) is 27.4 Å². The molecule has 5 rings (SSSR count). The number of carbonyl (C=O) groups excluding carboxylic acids is 1. The number of aliphatic hydroxyl groups excluding tert-OH is 1. The normalized spacial score (nSPS) is 18.2. The van der Waals surface area contributed by atoms with Crippen LogP contribution in [0.5, 0.6) is 5.88 Å². The van der Waals surface area contributed by atoms with E-state index in [2.05, 4.69) is 10.4 Å². The van der Waals surface area contributed by atoms with E-state index in [-0.39, 0.29) is 23.9 Å². The molecule has 0 saturated carbocycles. The topological polar surface area (TPSA) is 126 Å². The van der Waals surface area contributed by atoms with Gasteiger partial charge in [-0.05, 0) is 44.2 Å². The summed E-state index contributed by atoms with van der Waals surface area (Å²) in [6, 6.07) is 15.1. The van der Waals surface area contributed by atoms with Gasteiger partial charge in [0, 0.05) is 17.9 Å². The van der Waals surface area contributed by atoms with Crippen molar-refractivity contribution in [3.05, 3.63) is 82.6 Å². The van der Waals surface area contributed by atoms with E-state index in [0.717, 1.165) is 0 Å². The number of benzene rings is 2. The van der Waals surface area contributed by atoms with Gasteiger partial charge in [0.2, 0.25) is 17.7 Å². The average molecular weight is 433 g/mol. The summed E-state index contributed by atoms with van der Waals surface area (Å²) in [6.45, 7) is 3.64. The summed E-state index contributed by atoms with van der Waals surface area (Å²) in [7, 11) is 0. The zero-order valence-electron chi connectivity index (χ0n) is 17.4. The Kier molecular flexibility index (Phi) is 5.16. The molecule has 1 spiro atoms. The van der Waals surface area contributed by atoms with Crippen molar-refractivity contribution in [3.8, 4) is 17.6 Å². The summed E-state index contributed by atoms with van der Waals surface area (Å²) in [5.41, 5.74) is 6.61. The molecule has 4 N–H and O–H groups in total. The fraction of sp³-hybridized carbons (Fsp3) is 0.174. The third-order valence-electron chi connectivity index (χ3n) is 5.31. The van der Waals surface area contributed by atoms with Gasteiger partial charge in [0.1, 0.15) is 22.9 Å². The van der Waals surface area contributed by atoms with E-state index in [1.54, 1.807) is 13.8 Å². The summed E-state index contributed by atoms with van der Waals surface area (Å²) < 4.78 is 21.5. The van der Waals surface area contributed by atoms with Crippen LogP contribution in [0.4, 0.5) is 10.1 Å². The van der Waals surface area contributed by atoms with Gasteiger partial charge < -0.3 is 20.9 Å². The van der Waals surface area contributed by atoms with Gasteiger partial charge in [-0.3, -0.25) is 4.79 Å². The molecule has 0 saturated heterocycles. The second kappa shape index (κ2) is 7.83. The van der Waals surface area contributed by atoms with Crippen LogP contribution in [0.1, 0.15) is 23.7 Å². The lowest BCUT2D eigenvalue weighted by Crippen LogP contribution is -2.42. The van der Waals surface area contributed by atoms with E-state index in [1.165, 1.54) is 22.9 Å². The van der Waals surface area contributed by atoms with Crippen molar-refractivity contribution in [3.63, 3.8) is 0 Å². The molecule has 1 atom stereocenters. The molecule has 9 heteroatoms. The first-order valence-electron chi connectivity index (χ1n) is 9.86. The third-order valence-corrected chi connectivity index (χ3v) is 5.31. The predicted octanol–water partition coefficient (Wildman–Crippen LogP) is 2.64. The Labute approximate surface area is 183 Å². The highest BCUT2D eigenvalue weighted by atomic mass is 19.1. The van der Waals surface area contributed by atoms with Gasteiger partial charge in [0.05, 0.1) is 16.9 Å². The molecule has 2 aliphatic heterocycles. The number of hydrogen-bond donors (Lipinski definition) is 3. The summed E-state index contributed by atoms with van der Waals surface area (Å²) >= 11 is 0. The van der Waals surface area contributed by atoms with E-state index >= 15 is 0 Å². The van der Waals surface area contributed by atoms with Crippen molar-refractivity contribution in [2.75, 3.05) is 11.9 Å². The van der Waals surface area contributed by atoms with Gasteiger partial charge >= 0.3 is 0 Å². The number of carbonyl (C=O) groups is 1. The van der Waals surface area contributed by atoms with Crippen molar-refractivity contribution in [1.82, 2.24) is 9.78 Å². The molecule has 2 aromatic carbocycles. The predicted molar refractivity (Wildman–Crippen MR) is 114 cm³/mol. The minimum absolute atomic E-state index is 0.0949. The van der Waals surface area contributed by atoms with E-state index in [4.69, 9.17) is 15.6 Å². The smallest absolute Gasteiger partial charge is 0.245 e. The van der Waals surface area contributed by atoms with Crippen molar-refractivity contribution < 1.29 is 19.0 Å². The molecule has 1 aromatic heterocycles. The highest BCUT2D eigenvalue weighted by Crippen LogP contribution is 2.54. The molecule has 8 nitrogen and oxygen atoms in total. The number of nitrogens with two attached hydrogens (primary N) is 1. The number of hydrogen-bond acceptors (Lipinski definition) is 6. The van der Waals surface area contributed by atoms with Gasteiger partial charge in [-0.2, -0.15) is 10.4 Å². The fourth-order valence-corrected chi connectivity index (χ4v) is 4.15. The summed E-state index contributed by atoms with van der Waals surface area (Å²) in [5, 5.41) is 24.7. The van der Waals surface area contributed by atoms with Crippen molar-refractivity contribution in [2.45, 2.75) is 19.3 Å². The summed E-state index contributed by atoms with van der Waals surface area (Å²) in [6.07, 6.45) is 0. The minimum Gasteiger partial charge on any atom is -0.422 e. The number of fused-ring (bicyclic) bond motifs is 4. The van der Waals surface area contributed by atoms with Crippen molar-refractivity contribution in [2.24, 2.45) is 5.73 Å². The maximum absolute atomic E-state index is 14.2. The van der Waals surface area contributed by atoms with Gasteiger partial charge in [-0.1, -0.05) is 18.2 Å². The number of aliphatic hydroxyl groups is 1. The standard InChI is InChI=1S/C21H14FN5O2.C2H6O/c1-11-17-19(27(26-11)13-5-3-2-4-6-13)29-18(24)15(10-23)21(17)14-9-12(22)7-8-16(14)25-20(21)28;1-2-3/h2-9H,24H2,1H3,(H,25,28);3H,2H2,1H3. The second-order valence-electron chi connectivity index (χ2n) is 7.18. The van der Waals surface area contributed by atoms with E-state index < -0.39 is 17.1 Å². The first-order valence-corrected chi connectivity index (χ1v) is 9.86. The Morgan fingerprint density at radius 2 is 2.00 bits per heavy atom. The number of rotatable bonds is 1. The molecule has 162 valence electrons. The number of aryl methyl sites for hydroxylation is 1. The lowest BCUT2D eigenvalue weighted by Gasteiger charge is -2.32. The Balaban J connectivity index is 0.000000775. The first-order chi connectivity index (χ1) is 15.4. The number of anilines is 1. The molecular weight excluding hydrogens is 413 g/mol. The van der Waals surface area contributed by atoms with Crippen LogP contribution in [0.15, 0.2) is 60.0 Å². The van der Waals surface area contributed by atoms with E-state index in [0.29, 0.717) is 28.2 Å². The molecule has 3 aromatic rings. The van der Waals surface area contributed by atoms with Crippen LogP contribution in [-0.2, 0) is 10.2 Å². The Morgan fingerprint density at radius 1 is 1.31 bits per heavy atom. The molecule has 0 bridgehead atoms. The zero-order valence-corrected chi connectivity index (χ0v) is 17.4. The molecule has 32 heavy (non-hydrogen) atoms. The van der Waals surface area contributed by atoms with E-state index in [9.17, 15) is 14.4 Å². The molecular formula is C23H20FN5O3. The lowest BCUT2D eigenvalue weighted by molar-refractivity contribution is -0.118. The van der Waals surface area contributed by atoms with Gasteiger partial charge in [-0.25, -0.2) is 9.07 Å². The zero-order chi connectivity index (χ0) is 23.0. The van der Waals surface area contributed by atoms with Crippen molar-refractivity contribution >= 4 is 11.6 Å². The Bertz CT molecular complexity index is 1290. The molecule has 0 radical (unpaired) electrons. The van der Waals surface area contributed by atoms with Crippen LogP contribution in [0.3, 0.4) is 0 Å². The monoisotopic (exact) mass is 433 g/mol. The molecule has 2 aliphatic rings. The van der Waals surface area contributed by atoms with Gasteiger partial charge in [0.25, 0.3) is 0 Å². The van der Waals surface area contributed by atoms with Crippen LogP contribution in [0.25, 0.3) is 5.69 Å². The number of amides is 1. The maximum Gasteiger partial charge on any atom is 0.245 e. The Hall–Kier alpha value is -4.16. The number of ether oxygens (including phenoxy) is 1.